The van der Waals surface area contributed by atoms with E-state index in [1.807, 2.05) is 92.7 Å². The van der Waals surface area contributed by atoms with Crippen molar-refractivity contribution in [3.63, 3.8) is 0 Å². The lowest BCUT2D eigenvalue weighted by atomic mass is 9.99. The monoisotopic (exact) mass is 464 g/mol. The molecule has 2 nitrogen and oxygen atoms in total. The predicted octanol–water partition coefficient (Wildman–Crippen LogP) is 8.07. The number of carbonyl (C=O) groups excluding carboxylic acids is 1. The molecule has 4 aromatic carbocycles. The van der Waals surface area contributed by atoms with E-state index >= 15 is 0 Å². The lowest BCUT2D eigenvalue weighted by Gasteiger charge is -2.07. The second-order valence-corrected chi connectivity index (χ2v) is 9.92. The van der Waals surface area contributed by atoms with E-state index < -0.39 is 0 Å². The van der Waals surface area contributed by atoms with Gasteiger partial charge in [0.2, 0.25) is 0 Å². The zero-order chi connectivity index (χ0) is 24.2. The fourth-order valence-corrected chi connectivity index (χ4v) is 4.87. The number of ketones is 1. The normalized spacial score (nSPS) is 10.9. The van der Waals surface area contributed by atoms with Crippen LogP contribution >= 0.6 is 11.3 Å². The first kappa shape index (κ1) is 23.6. The SMILES string of the molecule is CC(C)c1ccc2sc3ccccc3c(=O)c2c1.Cc1ccc(C(=O)c2ccccc2)cc1C. The molecular weight excluding hydrogens is 436 g/mol. The molecule has 0 N–H and O–H groups in total. The maximum absolute atomic E-state index is 12.5. The zero-order valence-corrected chi connectivity index (χ0v) is 20.8. The van der Waals surface area contributed by atoms with Crippen molar-refractivity contribution in [3.05, 3.63) is 129 Å². The molecule has 0 bridgehead atoms. The van der Waals surface area contributed by atoms with E-state index in [9.17, 15) is 9.59 Å². The minimum Gasteiger partial charge on any atom is -0.289 e. The van der Waals surface area contributed by atoms with Gasteiger partial charge in [0, 0.05) is 31.3 Å². The third-order valence-corrected chi connectivity index (χ3v) is 7.22. The van der Waals surface area contributed by atoms with Crippen LogP contribution in [-0.4, -0.2) is 5.78 Å². The maximum Gasteiger partial charge on any atom is 0.195 e. The van der Waals surface area contributed by atoms with E-state index in [2.05, 4.69) is 26.0 Å². The van der Waals surface area contributed by atoms with Crippen LogP contribution in [0.25, 0.3) is 20.2 Å². The van der Waals surface area contributed by atoms with Gasteiger partial charge in [-0.15, -0.1) is 11.3 Å². The Hall–Kier alpha value is -3.56. The van der Waals surface area contributed by atoms with Gasteiger partial charge in [-0.25, -0.2) is 0 Å². The van der Waals surface area contributed by atoms with Gasteiger partial charge in [-0.3, -0.25) is 9.59 Å². The number of hydrogen-bond acceptors (Lipinski definition) is 3. The quantitative estimate of drug-likeness (QED) is 0.200. The average Bonchev–Trinajstić information content (AvgIpc) is 2.86. The van der Waals surface area contributed by atoms with Crippen molar-refractivity contribution >= 4 is 37.3 Å². The molecule has 1 aromatic heterocycles. The Morgan fingerprint density at radius 1 is 0.676 bits per heavy atom. The molecule has 0 radical (unpaired) electrons. The lowest BCUT2D eigenvalue weighted by molar-refractivity contribution is 0.103. The Morgan fingerprint density at radius 2 is 1.35 bits per heavy atom. The average molecular weight is 465 g/mol. The molecule has 0 aliphatic carbocycles. The first-order valence-corrected chi connectivity index (χ1v) is 12.3. The van der Waals surface area contributed by atoms with Crippen LogP contribution in [0.5, 0.6) is 0 Å². The van der Waals surface area contributed by atoms with Crippen LogP contribution in [0.3, 0.4) is 0 Å². The van der Waals surface area contributed by atoms with Gasteiger partial charge in [-0.2, -0.15) is 0 Å². The molecule has 5 aromatic rings. The van der Waals surface area contributed by atoms with Gasteiger partial charge in [0.1, 0.15) is 0 Å². The van der Waals surface area contributed by atoms with Gasteiger partial charge in [0.15, 0.2) is 11.2 Å². The van der Waals surface area contributed by atoms with Crippen LogP contribution < -0.4 is 5.43 Å². The summed E-state index contributed by atoms with van der Waals surface area (Å²) in [6.45, 7) is 8.37. The molecule has 1 heterocycles. The third-order valence-electron chi connectivity index (χ3n) is 6.07. The van der Waals surface area contributed by atoms with Gasteiger partial charge in [-0.1, -0.05) is 74.5 Å². The Balaban J connectivity index is 0.000000162. The molecule has 0 atom stereocenters. The summed E-state index contributed by atoms with van der Waals surface area (Å²) in [6.07, 6.45) is 0. The predicted molar refractivity (Wildman–Crippen MR) is 145 cm³/mol. The van der Waals surface area contributed by atoms with Crippen molar-refractivity contribution in [2.45, 2.75) is 33.6 Å². The van der Waals surface area contributed by atoms with Crippen LogP contribution in [0.2, 0.25) is 0 Å². The van der Waals surface area contributed by atoms with Crippen LogP contribution in [0.15, 0.2) is 95.8 Å². The summed E-state index contributed by atoms with van der Waals surface area (Å²) in [5.74, 6) is 0.536. The summed E-state index contributed by atoms with van der Waals surface area (Å²) in [7, 11) is 0. The Kier molecular flexibility index (Phi) is 7.04. The second-order valence-electron chi connectivity index (χ2n) is 8.83. The Bertz CT molecular complexity index is 1530. The first-order valence-electron chi connectivity index (χ1n) is 11.5. The highest BCUT2D eigenvalue weighted by Gasteiger charge is 2.09. The van der Waals surface area contributed by atoms with Crippen LogP contribution in [-0.2, 0) is 0 Å². The van der Waals surface area contributed by atoms with Crippen molar-refractivity contribution in [2.75, 3.05) is 0 Å². The lowest BCUT2D eigenvalue weighted by Crippen LogP contribution is -2.01. The topological polar surface area (TPSA) is 34.1 Å². The van der Waals surface area contributed by atoms with E-state index in [0.29, 0.717) is 5.92 Å². The van der Waals surface area contributed by atoms with Gasteiger partial charge in [-0.05, 0) is 66.8 Å². The van der Waals surface area contributed by atoms with Crippen molar-refractivity contribution in [2.24, 2.45) is 0 Å². The smallest absolute Gasteiger partial charge is 0.195 e. The standard InChI is InChI=1S/C16H14OS.C15H14O/c1-10(2)11-7-8-15-13(9-11)16(17)12-5-3-4-6-14(12)18-15;1-11-8-9-14(10-12(11)2)15(16)13-6-4-3-5-7-13/h3-10H,1-2H3;3-10H,1-2H3. The van der Waals surface area contributed by atoms with Crippen molar-refractivity contribution in [1.29, 1.82) is 0 Å². The molecule has 0 unspecified atom stereocenters. The maximum atomic E-state index is 12.5. The molecule has 0 saturated carbocycles. The highest BCUT2D eigenvalue weighted by Crippen LogP contribution is 2.27. The van der Waals surface area contributed by atoms with E-state index in [-0.39, 0.29) is 11.2 Å². The summed E-state index contributed by atoms with van der Waals surface area (Å²) in [5.41, 5.74) is 5.25. The van der Waals surface area contributed by atoms with E-state index in [0.717, 1.165) is 36.9 Å². The fourth-order valence-electron chi connectivity index (χ4n) is 3.82. The number of benzene rings is 4. The van der Waals surface area contributed by atoms with Gasteiger partial charge >= 0.3 is 0 Å². The molecule has 0 aliphatic rings. The molecule has 0 amide bonds. The molecule has 170 valence electrons. The van der Waals surface area contributed by atoms with Crippen molar-refractivity contribution < 1.29 is 4.79 Å². The van der Waals surface area contributed by atoms with Crippen LogP contribution in [0.4, 0.5) is 0 Å². The number of fused-ring (bicyclic) bond motifs is 2. The van der Waals surface area contributed by atoms with Gasteiger partial charge < -0.3 is 0 Å². The van der Waals surface area contributed by atoms with Crippen LogP contribution in [0, 0.1) is 13.8 Å². The Labute approximate surface area is 204 Å². The zero-order valence-electron chi connectivity index (χ0n) is 20.0. The minimum atomic E-state index is 0.0868. The summed E-state index contributed by atoms with van der Waals surface area (Å²) >= 11 is 1.69. The Morgan fingerprint density at radius 3 is 2.06 bits per heavy atom. The number of hydrogen-bond donors (Lipinski definition) is 0. The van der Waals surface area contributed by atoms with Gasteiger partial charge in [0.05, 0.1) is 0 Å². The van der Waals surface area contributed by atoms with E-state index in [1.165, 1.54) is 11.1 Å². The molecular formula is C31H28O2S. The number of carbonyl (C=O) groups is 1. The summed E-state index contributed by atoms with van der Waals surface area (Å²) in [4.78, 5) is 24.6. The van der Waals surface area contributed by atoms with E-state index in [1.54, 1.807) is 11.3 Å². The molecule has 0 spiro atoms. The summed E-state index contributed by atoms with van der Waals surface area (Å²) in [6, 6.07) is 29.3. The second kappa shape index (κ2) is 10.1. The minimum absolute atomic E-state index is 0.0868. The third kappa shape index (κ3) is 5.00. The molecule has 0 aliphatic heterocycles. The summed E-state index contributed by atoms with van der Waals surface area (Å²) in [5, 5.41) is 1.68. The van der Waals surface area contributed by atoms with Crippen molar-refractivity contribution in [1.82, 2.24) is 0 Å². The molecule has 3 heteroatoms. The number of rotatable bonds is 3. The number of aryl methyl sites for hydroxylation is 2. The first-order chi connectivity index (χ1) is 16.3. The van der Waals surface area contributed by atoms with Crippen LogP contribution in [0.1, 0.15) is 52.4 Å². The molecule has 0 fully saturated rings. The highest BCUT2D eigenvalue weighted by atomic mass is 32.1. The van der Waals surface area contributed by atoms with Gasteiger partial charge in [0.25, 0.3) is 0 Å². The van der Waals surface area contributed by atoms with Crippen molar-refractivity contribution in [3.8, 4) is 0 Å². The van der Waals surface area contributed by atoms with E-state index in [4.69, 9.17) is 0 Å². The highest BCUT2D eigenvalue weighted by molar-refractivity contribution is 7.24. The largest absolute Gasteiger partial charge is 0.289 e. The molecule has 5 rings (SSSR count). The molecule has 34 heavy (non-hydrogen) atoms. The fraction of sp³-hybridized carbons (Fsp3) is 0.161. The summed E-state index contributed by atoms with van der Waals surface area (Å²) < 4.78 is 2.13. The molecule has 0 saturated heterocycles.